The number of halogens is 3. The summed E-state index contributed by atoms with van der Waals surface area (Å²) in [6.07, 6.45) is -2.12. The maximum atomic E-state index is 12.7. The van der Waals surface area contributed by atoms with Gasteiger partial charge in [0.25, 0.3) is 11.5 Å². The number of likely N-dealkylation sites (tertiary alicyclic amines) is 1. The van der Waals surface area contributed by atoms with E-state index in [2.05, 4.69) is 4.98 Å². The number of carbonyl (C=O) groups is 2. The average molecular weight is 459 g/mol. The van der Waals surface area contributed by atoms with E-state index in [9.17, 15) is 27.6 Å². The van der Waals surface area contributed by atoms with Gasteiger partial charge in [-0.2, -0.15) is 13.2 Å². The molecule has 0 radical (unpaired) electrons. The van der Waals surface area contributed by atoms with E-state index in [-0.39, 0.29) is 36.7 Å². The van der Waals surface area contributed by atoms with Crippen molar-refractivity contribution in [3.8, 4) is 0 Å². The lowest BCUT2D eigenvalue weighted by Crippen LogP contribution is -2.40. The Morgan fingerprint density at radius 1 is 1.06 bits per heavy atom. The van der Waals surface area contributed by atoms with Gasteiger partial charge in [0, 0.05) is 30.9 Å². The summed E-state index contributed by atoms with van der Waals surface area (Å²) >= 11 is 0. The zero-order valence-corrected chi connectivity index (χ0v) is 17.4. The minimum Gasteiger partial charge on any atom is -0.459 e. The molecule has 3 aromatic rings. The minimum absolute atomic E-state index is 0.135. The second-order valence-corrected chi connectivity index (χ2v) is 7.76. The van der Waals surface area contributed by atoms with E-state index in [4.69, 9.17) is 4.74 Å². The summed E-state index contributed by atoms with van der Waals surface area (Å²) in [4.78, 5) is 43.0. The number of aromatic nitrogens is 2. The molecular formula is C23H20F3N3O4. The molecule has 1 fully saturated rings. The lowest BCUT2D eigenvalue weighted by atomic mass is 9.96. The molecule has 0 unspecified atom stereocenters. The molecule has 0 aliphatic carbocycles. The monoisotopic (exact) mass is 459 g/mol. The zero-order chi connectivity index (χ0) is 23.6. The molecule has 1 aromatic carbocycles. The molecular weight excluding hydrogens is 439 g/mol. The van der Waals surface area contributed by atoms with Crippen molar-refractivity contribution in [3.05, 3.63) is 81.9 Å². The number of nitrogens with zero attached hydrogens (tertiary/aromatic N) is 3. The molecule has 10 heteroatoms. The molecule has 0 saturated carbocycles. The van der Waals surface area contributed by atoms with Crippen LogP contribution in [0.2, 0.25) is 0 Å². The van der Waals surface area contributed by atoms with Gasteiger partial charge in [0.15, 0.2) is 0 Å². The normalized spacial score (nSPS) is 14.9. The first kappa shape index (κ1) is 22.5. The van der Waals surface area contributed by atoms with Crippen LogP contribution in [0.5, 0.6) is 0 Å². The number of carbonyl (C=O) groups excluding carboxylic acids is 2. The molecule has 0 atom stereocenters. The Hall–Kier alpha value is -3.69. The summed E-state index contributed by atoms with van der Waals surface area (Å²) in [5.41, 5.74) is -0.135. The van der Waals surface area contributed by atoms with Gasteiger partial charge in [-0.3, -0.25) is 18.8 Å². The third-order valence-corrected chi connectivity index (χ3v) is 5.56. The van der Waals surface area contributed by atoms with Crippen molar-refractivity contribution in [1.82, 2.24) is 14.3 Å². The van der Waals surface area contributed by atoms with Gasteiger partial charge in [-0.05, 0) is 49.2 Å². The van der Waals surface area contributed by atoms with Crippen LogP contribution in [0.15, 0.2) is 59.5 Å². The Morgan fingerprint density at radius 3 is 2.42 bits per heavy atom. The number of esters is 1. The van der Waals surface area contributed by atoms with Crippen LogP contribution in [0, 0.1) is 5.92 Å². The molecule has 3 heterocycles. The van der Waals surface area contributed by atoms with Gasteiger partial charge in [-0.15, -0.1) is 0 Å². The standard InChI is InChI=1S/C23H20F3N3O4/c24-23(25,26)17-6-4-15(5-7-17)21(31)28-11-8-16(9-12-28)22(32)33-14-18-13-20(30)29-10-2-1-3-19(29)27-18/h1-7,10,13,16H,8-9,11-12,14H2. The highest BCUT2D eigenvalue weighted by Gasteiger charge is 2.32. The van der Waals surface area contributed by atoms with Gasteiger partial charge in [-0.25, -0.2) is 4.98 Å². The molecule has 1 aliphatic rings. The van der Waals surface area contributed by atoms with Crippen LogP contribution in [0.1, 0.15) is 34.5 Å². The quantitative estimate of drug-likeness (QED) is 0.560. The van der Waals surface area contributed by atoms with Gasteiger partial charge >= 0.3 is 12.1 Å². The number of piperidine rings is 1. The molecule has 7 nitrogen and oxygen atoms in total. The number of benzene rings is 1. The SMILES string of the molecule is O=C(OCc1cc(=O)n2ccccc2n1)C1CCN(C(=O)c2ccc(C(F)(F)F)cc2)CC1. The highest BCUT2D eigenvalue weighted by atomic mass is 19.4. The van der Waals surface area contributed by atoms with Crippen molar-refractivity contribution >= 4 is 17.5 Å². The Kier molecular flexibility index (Phi) is 6.17. The molecule has 0 N–H and O–H groups in total. The number of pyridine rings is 1. The maximum Gasteiger partial charge on any atom is 0.416 e. The summed E-state index contributed by atoms with van der Waals surface area (Å²) in [5.74, 6) is -1.23. The lowest BCUT2D eigenvalue weighted by molar-refractivity contribution is -0.151. The second-order valence-electron chi connectivity index (χ2n) is 7.76. The van der Waals surface area contributed by atoms with Crippen LogP contribution in [-0.4, -0.2) is 39.3 Å². The summed E-state index contributed by atoms with van der Waals surface area (Å²) in [6.45, 7) is 0.439. The Bertz CT molecular complexity index is 1230. The molecule has 0 spiro atoms. The summed E-state index contributed by atoms with van der Waals surface area (Å²) in [5, 5.41) is 0. The van der Waals surface area contributed by atoms with Crippen molar-refractivity contribution in [2.24, 2.45) is 5.92 Å². The van der Waals surface area contributed by atoms with Crippen molar-refractivity contribution in [1.29, 1.82) is 0 Å². The van der Waals surface area contributed by atoms with Crippen LogP contribution >= 0.6 is 0 Å². The molecule has 2 aromatic heterocycles. The summed E-state index contributed by atoms with van der Waals surface area (Å²) in [6, 6.07) is 10.5. The van der Waals surface area contributed by atoms with Gasteiger partial charge in [0.2, 0.25) is 0 Å². The topological polar surface area (TPSA) is 81.0 Å². The largest absolute Gasteiger partial charge is 0.459 e. The molecule has 1 aliphatic heterocycles. The van der Waals surface area contributed by atoms with E-state index in [1.807, 2.05) is 0 Å². The number of rotatable bonds is 4. The van der Waals surface area contributed by atoms with E-state index in [1.54, 1.807) is 24.4 Å². The van der Waals surface area contributed by atoms with Crippen LogP contribution < -0.4 is 5.56 Å². The Balaban J connectivity index is 1.31. The van der Waals surface area contributed by atoms with Crippen molar-refractivity contribution in [2.45, 2.75) is 25.6 Å². The second kappa shape index (κ2) is 9.05. The van der Waals surface area contributed by atoms with Crippen molar-refractivity contribution in [3.63, 3.8) is 0 Å². The fourth-order valence-corrected chi connectivity index (χ4v) is 3.74. The fraction of sp³-hybridized carbons (Fsp3) is 0.304. The first-order chi connectivity index (χ1) is 15.7. The lowest BCUT2D eigenvalue weighted by Gasteiger charge is -2.31. The number of amides is 1. The smallest absolute Gasteiger partial charge is 0.416 e. The summed E-state index contributed by atoms with van der Waals surface area (Å²) < 4.78 is 44.8. The average Bonchev–Trinajstić information content (AvgIpc) is 2.82. The summed E-state index contributed by atoms with van der Waals surface area (Å²) in [7, 11) is 0. The highest BCUT2D eigenvalue weighted by molar-refractivity contribution is 5.94. The van der Waals surface area contributed by atoms with Crippen LogP contribution in [0.3, 0.4) is 0 Å². The number of alkyl halides is 3. The zero-order valence-electron chi connectivity index (χ0n) is 17.4. The highest BCUT2D eigenvalue weighted by Crippen LogP contribution is 2.29. The van der Waals surface area contributed by atoms with Gasteiger partial charge in [0.05, 0.1) is 17.2 Å². The van der Waals surface area contributed by atoms with Crippen molar-refractivity contribution < 1.29 is 27.5 Å². The van der Waals surface area contributed by atoms with E-state index in [0.29, 0.717) is 24.2 Å². The maximum absolute atomic E-state index is 12.7. The third kappa shape index (κ3) is 5.05. The van der Waals surface area contributed by atoms with Gasteiger partial charge in [0.1, 0.15) is 12.3 Å². The Labute approximate surface area is 186 Å². The van der Waals surface area contributed by atoms with Crippen LogP contribution in [0.25, 0.3) is 5.65 Å². The Morgan fingerprint density at radius 2 is 1.76 bits per heavy atom. The molecule has 1 saturated heterocycles. The molecule has 33 heavy (non-hydrogen) atoms. The van der Waals surface area contributed by atoms with E-state index in [0.717, 1.165) is 24.3 Å². The number of hydrogen-bond acceptors (Lipinski definition) is 5. The fourth-order valence-electron chi connectivity index (χ4n) is 3.74. The molecule has 0 bridgehead atoms. The minimum atomic E-state index is -4.46. The number of fused-ring (bicyclic) bond motifs is 1. The molecule has 4 rings (SSSR count). The van der Waals surface area contributed by atoms with E-state index >= 15 is 0 Å². The number of ether oxygens (including phenoxy) is 1. The first-order valence-corrected chi connectivity index (χ1v) is 10.3. The van der Waals surface area contributed by atoms with Gasteiger partial charge in [-0.1, -0.05) is 6.07 Å². The number of hydrogen-bond donors (Lipinski definition) is 0. The van der Waals surface area contributed by atoms with Crippen LogP contribution in [-0.2, 0) is 22.3 Å². The molecule has 1 amide bonds. The van der Waals surface area contributed by atoms with Crippen molar-refractivity contribution in [2.75, 3.05) is 13.1 Å². The van der Waals surface area contributed by atoms with E-state index in [1.165, 1.54) is 15.4 Å². The third-order valence-electron chi connectivity index (χ3n) is 5.56. The molecule has 172 valence electrons. The first-order valence-electron chi connectivity index (χ1n) is 10.3. The van der Waals surface area contributed by atoms with Gasteiger partial charge < -0.3 is 9.64 Å². The predicted molar refractivity (Wildman–Crippen MR) is 111 cm³/mol. The van der Waals surface area contributed by atoms with Crippen LogP contribution in [0.4, 0.5) is 13.2 Å². The van der Waals surface area contributed by atoms with E-state index < -0.39 is 23.6 Å². The predicted octanol–water partition coefficient (Wildman–Crippen LogP) is 3.31.